The van der Waals surface area contributed by atoms with Crippen LogP contribution in [0.5, 0.6) is 0 Å². The molecule has 1 fully saturated rings. The van der Waals surface area contributed by atoms with E-state index in [1.54, 1.807) is 23.9 Å². The molecule has 0 aliphatic carbocycles. The van der Waals surface area contributed by atoms with Gasteiger partial charge in [0.05, 0.1) is 25.2 Å². The molecule has 1 saturated heterocycles. The summed E-state index contributed by atoms with van der Waals surface area (Å²) >= 11 is 7.15. The SMILES string of the molecule is CCN(CC)CC/C(=N\OC(=O)CCCl)C(=O)c1ccc(Sc2ccc(C(=O)C(C)(C)N3CCOCC3)cc2)cc1. The predicted molar refractivity (Wildman–Crippen MR) is 163 cm³/mol. The van der Waals surface area contributed by atoms with Crippen LogP contribution in [-0.2, 0) is 14.4 Å². The minimum Gasteiger partial charge on any atom is -0.379 e. The molecule has 0 atom stereocenters. The largest absolute Gasteiger partial charge is 0.379 e. The van der Waals surface area contributed by atoms with Gasteiger partial charge in [-0.25, -0.2) is 4.79 Å². The van der Waals surface area contributed by atoms with Crippen LogP contribution in [0.3, 0.4) is 0 Å². The normalized spacial score (nSPS) is 14.7. The maximum absolute atomic E-state index is 13.3. The van der Waals surface area contributed by atoms with E-state index >= 15 is 0 Å². The van der Waals surface area contributed by atoms with Crippen LogP contribution in [0.25, 0.3) is 0 Å². The molecule has 1 aliphatic rings. The lowest BCUT2D eigenvalue weighted by Crippen LogP contribution is -2.54. The molecule has 8 nitrogen and oxygen atoms in total. The Morgan fingerprint density at radius 3 is 2.05 bits per heavy atom. The van der Waals surface area contributed by atoms with Crippen molar-refractivity contribution >= 4 is 46.6 Å². The van der Waals surface area contributed by atoms with Gasteiger partial charge >= 0.3 is 5.97 Å². The van der Waals surface area contributed by atoms with E-state index in [9.17, 15) is 14.4 Å². The number of ether oxygens (including phenoxy) is 1. The Balaban J connectivity index is 1.66. The summed E-state index contributed by atoms with van der Waals surface area (Å²) in [6.07, 6.45) is 0.383. The number of alkyl halides is 1. The van der Waals surface area contributed by atoms with Crippen LogP contribution < -0.4 is 0 Å². The van der Waals surface area contributed by atoms with Gasteiger partial charge in [-0.2, -0.15) is 0 Å². The molecule has 41 heavy (non-hydrogen) atoms. The molecule has 0 unspecified atom stereocenters. The molecule has 1 heterocycles. The third kappa shape index (κ3) is 9.48. The zero-order chi connectivity index (χ0) is 29.8. The fourth-order valence-corrected chi connectivity index (χ4v) is 5.47. The highest BCUT2D eigenvalue weighted by atomic mass is 35.5. The number of oxime groups is 1. The van der Waals surface area contributed by atoms with Crippen molar-refractivity contribution in [3.63, 3.8) is 0 Å². The summed E-state index contributed by atoms with van der Waals surface area (Å²) in [5.41, 5.74) is 0.736. The average molecular weight is 602 g/mol. The Bertz CT molecular complexity index is 1190. The first-order valence-electron chi connectivity index (χ1n) is 14.0. The van der Waals surface area contributed by atoms with Crippen molar-refractivity contribution < 1.29 is 24.0 Å². The number of rotatable bonds is 15. The van der Waals surface area contributed by atoms with E-state index in [0.29, 0.717) is 37.3 Å². The quantitative estimate of drug-likeness (QED) is 0.0860. The van der Waals surface area contributed by atoms with Gasteiger partial charge in [-0.1, -0.05) is 42.9 Å². The summed E-state index contributed by atoms with van der Waals surface area (Å²) in [5, 5.41) is 3.91. The summed E-state index contributed by atoms with van der Waals surface area (Å²) in [7, 11) is 0. The van der Waals surface area contributed by atoms with Crippen molar-refractivity contribution in [1.29, 1.82) is 0 Å². The van der Waals surface area contributed by atoms with Crippen LogP contribution in [0.4, 0.5) is 0 Å². The fourth-order valence-electron chi connectivity index (χ4n) is 4.50. The van der Waals surface area contributed by atoms with Gasteiger partial charge in [-0.15, -0.1) is 11.6 Å². The number of ketones is 2. The number of hydrogen-bond donors (Lipinski definition) is 0. The van der Waals surface area contributed by atoms with E-state index in [0.717, 1.165) is 36.0 Å². The van der Waals surface area contributed by atoms with Crippen LogP contribution in [-0.4, -0.2) is 90.4 Å². The van der Waals surface area contributed by atoms with Gasteiger partial charge in [0.15, 0.2) is 5.78 Å². The molecule has 1 aliphatic heterocycles. The fraction of sp³-hybridized carbons (Fsp3) is 0.484. The topological polar surface area (TPSA) is 88.5 Å². The number of carbonyl (C=O) groups excluding carboxylic acids is 3. The molecule has 0 aromatic heterocycles. The summed E-state index contributed by atoms with van der Waals surface area (Å²) < 4.78 is 5.44. The zero-order valence-electron chi connectivity index (χ0n) is 24.4. The van der Waals surface area contributed by atoms with Crippen molar-refractivity contribution in [2.24, 2.45) is 5.16 Å². The maximum Gasteiger partial charge on any atom is 0.336 e. The van der Waals surface area contributed by atoms with Crippen molar-refractivity contribution in [3.05, 3.63) is 59.7 Å². The van der Waals surface area contributed by atoms with E-state index in [2.05, 4.69) is 28.8 Å². The lowest BCUT2D eigenvalue weighted by Gasteiger charge is -2.39. The minimum absolute atomic E-state index is 0.0231. The number of morpholine rings is 1. The van der Waals surface area contributed by atoms with E-state index < -0.39 is 11.5 Å². The van der Waals surface area contributed by atoms with Gasteiger partial charge in [-0.05, 0) is 63.3 Å². The Hall–Kier alpha value is -2.56. The van der Waals surface area contributed by atoms with Crippen molar-refractivity contribution in [1.82, 2.24) is 9.80 Å². The van der Waals surface area contributed by atoms with E-state index in [-0.39, 0.29) is 29.6 Å². The number of carbonyl (C=O) groups is 3. The van der Waals surface area contributed by atoms with Crippen LogP contribution >= 0.6 is 23.4 Å². The van der Waals surface area contributed by atoms with E-state index in [4.69, 9.17) is 21.2 Å². The first-order chi connectivity index (χ1) is 19.7. The second kappa shape index (κ2) is 16.2. The molecule has 2 aromatic rings. The van der Waals surface area contributed by atoms with E-state index in [1.165, 1.54) is 0 Å². The van der Waals surface area contributed by atoms with Crippen LogP contribution in [0.15, 0.2) is 63.5 Å². The minimum atomic E-state index is -0.600. The van der Waals surface area contributed by atoms with Crippen LogP contribution in [0, 0.1) is 0 Å². The van der Waals surface area contributed by atoms with E-state index in [1.807, 2.05) is 50.2 Å². The molecule has 0 amide bonds. The third-order valence-electron chi connectivity index (χ3n) is 7.20. The second-order valence-electron chi connectivity index (χ2n) is 10.2. The predicted octanol–water partition coefficient (Wildman–Crippen LogP) is 5.57. The van der Waals surface area contributed by atoms with Crippen LogP contribution in [0.1, 0.15) is 61.3 Å². The first-order valence-corrected chi connectivity index (χ1v) is 15.4. The van der Waals surface area contributed by atoms with Gasteiger partial charge in [0.25, 0.3) is 0 Å². The van der Waals surface area contributed by atoms with Crippen molar-refractivity contribution in [3.8, 4) is 0 Å². The van der Waals surface area contributed by atoms with Crippen molar-refractivity contribution in [2.75, 3.05) is 51.8 Å². The number of Topliss-reactive ketones (excluding diaryl/α,β-unsaturated/α-hetero) is 2. The molecular weight excluding hydrogens is 562 g/mol. The molecule has 222 valence electrons. The van der Waals surface area contributed by atoms with Gasteiger partial charge in [0, 0.05) is 52.9 Å². The monoisotopic (exact) mass is 601 g/mol. The lowest BCUT2D eigenvalue weighted by molar-refractivity contribution is -0.143. The average Bonchev–Trinajstić information content (AvgIpc) is 2.99. The molecule has 10 heteroatoms. The Labute approximate surface area is 252 Å². The molecule has 0 radical (unpaired) electrons. The van der Waals surface area contributed by atoms with Crippen molar-refractivity contribution in [2.45, 2.75) is 55.9 Å². The Kier molecular flexibility index (Phi) is 13.0. The number of hydrogen-bond acceptors (Lipinski definition) is 9. The van der Waals surface area contributed by atoms with Gasteiger partial charge in [-0.3, -0.25) is 14.5 Å². The standard InChI is InChI=1S/C31H40ClN3O5S/c1-5-34(6-2)18-16-27(33-40-28(36)15-17-32)29(37)23-7-11-25(12-8-23)41-26-13-9-24(10-14-26)30(38)31(3,4)35-19-21-39-22-20-35/h7-14H,5-6,15-22H2,1-4H3/b33-27+. The maximum atomic E-state index is 13.3. The molecule has 0 bridgehead atoms. The van der Waals surface area contributed by atoms with Gasteiger partial charge in [0.2, 0.25) is 5.78 Å². The molecule has 0 spiro atoms. The summed E-state index contributed by atoms with van der Waals surface area (Å²) in [5.74, 6) is -0.636. The molecular formula is C31H40ClN3O5S. The summed E-state index contributed by atoms with van der Waals surface area (Å²) in [6, 6.07) is 14.9. The second-order valence-corrected chi connectivity index (χ2v) is 11.7. The highest BCUT2D eigenvalue weighted by molar-refractivity contribution is 7.99. The highest BCUT2D eigenvalue weighted by Gasteiger charge is 2.35. The molecule has 0 N–H and O–H groups in total. The molecule has 3 rings (SSSR count). The lowest BCUT2D eigenvalue weighted by atomic mass is 9.91. The number of benzene rings is 2. The number of nitrogens with zero attached hydrogens (tertiary/aromatic N) is 3. The third-order valence-corrected chi connectivity index (χ3v) is 8.41. The smallest absolute Gasteiger partial charge is 0.336 e. The Morgan fingerprint density at radius 1 is 0.951 bits per heavy atom. The summed E-state index contributed by atoms with van der Waals surface area (Å²) in [6.45, 7) is 13.1. The Morgan fingerprint density at radius 2 is 1.51 bits per heavy atom. The number of halogens is 1. The van der Waals surface area contributed by atoms with Gasteiger partial charge in [0.1, 0.15) is 5.71 Å². The molecule has 2 aromatic carbocycles. The summed E-state index contributed by atoms with van der Waals surface area (Å²) in [4.78, 5) is 49.5. The van der Waals surface area contributed by atoms with Gasteiger partial charge < -0.3 is 14.5 Å². The highest BCUT2D eigenvalue weighted by Crippen LogP contribution is 2.29. The molecule has 0 saturated carbocycles. The van der Waals surface area contributed by atoms with Crippen LogP contribution in [0.2, 0.25) is 0 Å². The first kappa shape index (κ1) is 32.9. The zero-order valence-corrected chi connectivity index (χ0v) is 25.9.